The van der Waals surface area contributed by atoms with Gasteiger partial charge in [-0.15, -0.1) is 0 Å². The second-order valence-corrected chi connectivity index (χ2v) is 13.2. The first-order valence-corrected chi connectivity index (χ1v) is 11.5. The Kier molecular flexibility index (Phi) is 7.96. The van der Waals surface area contributed by atoms with Gasteiger partial charge in [-0.1, -0.05) is 19.1 Å². The lowest BCUT2D eigenvalue weighted by Crippen LogP contribution is -2.44. The highest BCUT2D eigenvalue weighted by atomic mass is 28.4. The maximum atomic E-state index is 11.5. The van der Waals surface area contributed by atoms with Crippen LogP contribution in [0.5, 0.6) is 0 Å². The fourth-order valence-corrected chi connectivity index (χ4v) is 7.84. The number of carbonyl (C=O) groups is 1. The molecule has 0 unspecified atom stereocenters. The molecule has 7 heteroatoms. The van der Waals surface area contributed by atoms with E-state index >= 15 is 0 Å². The molecule has 0 aromatic rings. The molecular weight excluding hydrogens is 268 g/mol. The zero-order valence-corrected chi connectivity index (χ0v) is 14.4. The number of carbonyl (C=O) groups excluding carboxylic acids is 1. The summed E-state index contributed by atoms with van der Waals surface area (Å²) in [6, 6.07) is 2.20. The first-order chi connectivity index (χ1) is 8.34. The second-order valence-electron chi connectivity index (χ2n) is 4.94. The van der Waals surface area contributed by atoms with Crippen molar-refractivity contribution in [2.24, 2.45) is 0 Å². The highest BCUT2D eigenvalue weighted by Gasteiger charge is 2.40. The van der Waals surface area contributed by atoms with Crippen LogP contribution in [0.3, 0.4) is 0 Å². The van der Waals surface area contributed by atoms with Gasteiger partial charge in [0.2, 0.25) is 0 Å². The maximum absolute atomic E-state index is 11.5. The Bertz CT molecular complexity index is 246. The summed E-state index contributed by atoms with van der Waals surface area (Å²) < 4.78 is 21.2. The van der Waals surface area contributed by atoms with Crippen molar-refractivity contribution in [3.8, 4) is 0 Å². The summed E-state index contributed by atoms with van der Waals surface area (Å²) in [6.45, 7) is 6.61. The zero-order valence-electron chi connectivity index (χ0n) is 12.4. The van der Waals surface area contributed by atoms with Gasteiger partial charge >= 0.3 is 14.8 Å². The third kappa shape index (κ3) is 6.10. The van der Waals surface area contributed by atoms with E-state index in [1.54, 1.807) is 21.3 Å². The smallest absolute Gasteiger partial charge is 0.466 e. The van der Waals surface area contributed by atoms with Crippen LogP contribution in [0.15, 0.2) is 0 Å². The number of hydrogen-bond donors (Lipinski definition) is 0. The van der Waals surface area contributed by atoms with Gasteiger partial charge in [-0.05, 0) is 6.92 Å². The quantitative estimate of drug-likeness (QED) is 0.482. The summed E-state index contributed by atoms with van der Waals surface area (Å²) in [5.41, 5.74) is 0. The van der Waals surface area contributed by atoms with Crippen molar-refractivity contribution < 1.29 is 22.8 Å². The van der Waals surface area contributed by atoms with E-state index in [2.05, 4.69) is 13.1 Å². The van der Waals surface area contributed by atoms with Crippen molar-refractivity contribution >= 4 is 22.8 Å². The predicted molar refractivity (Wildman–Crippen MR) is 75.3 cm³/mol. The SMILES string of the molecule is CCOC(=O)C[Si](C)(C)CC[Si](OC)(OC)OC. The summed E-state index contributed by atoms with van der Waals surface area (Å²) in [7, 11) is 0.675. The number of esters is 1. The summed E-state index contributed by atoms with van der Waals surface area (Å²) in [4.78, 5) is 11.5. The lowest BCUT2D eigenvalue weighted by molar-refractivity contribution is -0.140. The molecule has 0 aliphatic carbocycles. The van der Waals surface area contributed by atoms with Crippen LogP contribution in [0.2, 0.25) is 31.2 Å². The van der Waals surface area contributed by atoms with Gasteiger partial charge < -0.3 is 18.0 Å². The molecule has 0 aliphatic heterocycles. The molecule has 0 fully saturated rings. The van der Waals surface area contributed by atoms with E-state index in [0.29, 0.717) is 12.7 Å². The van der Waals surface area contributed by atoms with Crippen molar-refractivity contribution in [1.29, 1.82) is 0 Å². The molecular formula is C11H26O5Si2. The molecule has 0 atom stereocenters. The van der Waals surface area contributed by atoms with Crippen molar-refractivity contribution in [1.82, 2.24) is 0 Å². The van der Waals surface area contributed by atoms with Gasteiger partial charge in [0.15, 0.2) is 0 Å². The molecule has 0 spiro atoms. The van der Waals surface area contributed by atoms with E-state index < -0.39 is 16.9 Å². The molecule has 0 aromatic heterocycles. The van der Waals surface area contributed by atoms with Crippen LogP contribution in [0.25, 0.3) is 0 Å². The lowest BCUT2D eigenvalue weighted by atomic mass is 10.8. The van der Waals surface area contributed by atoms with Crippen LogP contribution in [-0.4, -0.2) is 50.8 Å². The van der Waals surface area contributed by atoms with Gasteiger partial charge in [-0.3, -0.25) is 4.79 Å². The molecule has 0 radical (unpaired) electrons. The second kappa shape index (κ2) is 8.05. The van der Waals surface area contributed by atoms with Gasteiger partial charge in [0, 0.05) is 33.4 Å². The van der Waals surface area contributed by atoms with Crippen molar-refractivity contribution in [3.63, 3.8) is 0 Å². The summed E-state index contributed by atoms with van der Waals surface area (Å²) in [6.07, 6.45) is 0. The molecule has 5 nitrogen and oxygen atoms in total. The highest BCUT2D eigenvalue weighted by Crippen LogP contribution is 2.24. The third-order valence-electron chi connectivity index (χ3n) is 2.97. The summed E-state index contributed by atoms with van der Waals surface area (Å²) in [5.74, 6) is -0.103. The standard InChI is InChI=1S/C11H26O5Si2/c1-7-16-11(12)10-17(5,6)8-9-18(13-2,14-3)15-4/h7-10H2,1-6H3. The average Bonchev–Trinajstić information content (AvgIpc) is 2.31. The van der Waals surface area contributed by atoms with E-state index in [-0.39, 0.29) is 5.97 Å². The number of ether oxygens (including phenoxy) is 1. The van der Waals surface area contributed by atoms with Crippen LogP contribution in [0.1, 0.15) is 6.92 Å². The molecule has 0 saturated heterocycles. The van der Waals surface area contributed by atoms with Gasteiger partial charge in [-0.25, -0.2) is 0 Å². The van der Waals surface area contributed by atoms with Gasteiger partial charge in [0.1, 0.15) is 0 Å². The van der Waals surface area contributed by atoms with E-state index in [0.717, 1.165) is 12.1 Å². The first-order valence-electron chi connectivity index (χ1n) is 6.16. The van der Waals surface area contributed by atoms with Crippen LogP contribution in [0.4, 0.5) is 0 Å². The molecule has 0 saturated carbocycles. The Morgan fingerprint density at radius 1 is 1.00 bits per heavy atom. The number of hydrogen-bond acceptors (Lipinski definition) is 5. The minimum atomic E-state index is -2.51. The molecule has 0 heterocycles. The Labute approximate surface area is 112 Å². The summed E-state index contributed by atoms with van der Waals surface area (Å²) in [5, 5.41) is 0. The predicted octanol–water partition coefficient (Wildman–Crippen LogP) is 2.14. The number of rotatable bonds is 9. The molecule has 0 N–H and O–H groups in total. The monoisotopic (exact) mass is 294 g/mol. The minimum absolute atomic E-state index is 0.103. The van der Waals surface area contributed by atoms with Gasteiger partial charge in [0.05, 0.1) is 14.7 Å². The molecule has 0 aliphatic rings. The highest BCUT2D eigenvalue weighted by molar-refractivity contribution is 6.81. The fourth-order valence-electron chi connectivity index (χ4n) is 1.74. The molecule has 0 aromatic carbocycles. The van der Waals surface area contributed by atoms with Crippen molar-refractivity contribution in [3.05, 3.63) is 0 Å². The Balaban J connectivity index is 4.35. The van der Waals surface area contributed by atoms with Gasteiger partial charge in [-0.2, -0.15) is 0 Å². The van der Waals surface area contributed by atoms with E-state index in [4.69, 9.17) is 18.0 Å². The minimum Gasteiger partial charge on any atom is -0.466 e. The van der Waals surface area contributed by atoms with E-state index in [1.807, 2.05) is 6.92 Å². The van der Waals surface area contributed by atoms with Crippen LogP contribution in [0, 0.1) is 0 Å². The topological polar surface area (TPSA) is 54.0 Å². The molecule has 18 heavy (non-hydrogen) atoms. The molecule has 0 amide bonds. The summed E-state index contributed by atoms with van der Waals surface area (Å²) >= 11 is 0. The van der Waals surface area contributed by atoms with Crippen LogP contribution < -0.4 is 0 Å². The van der Waals surface area contributed by atoms with E-state index in [1.165, 1.54) is 0 Å². The Hall–Kier alpha value is -0.216. The average molecular weight is 294 g/mol. The normalized spacial score (nSPS) is 12.6. The van der Waals surface area contributed by atoms with Crippen molar-refractivity contribution in [2.75, 3.05) is 27.9 Å². The molecule has 108 valence electrons. The largest absolute Gasteiger partial charge is 0.499 e. The van der Waals surface area contributed by atoms with Crippen molar-refractivity contribution in [2.45, 2.75) is 38.2 Å². The van der Waals surface area contributed by atoms with Crippen LogP contribution in [-0.2, 0) is 22.8 Å². The van der Waals surface area contributed by atoms with Crippen LogP contribution >= 0.6 is 0 Å². The third-order valence-corrected chi connectivity index (χ3v) is 9.05. The molecule has 0 rings (SSSR count). The Morgan fingerprint density at radius 3 is 1.89 bits per heavy atom. The molecule has 0 bridgehead atoms. The Morgan fingerprint density at radius 2 is 1.50 bits per heavy atom. The lowest BCUT2D eigenvalue weighted by Gasteiger charge is -2.28. The van der Waals surface area contributed by atoms with Gasteiger partial charge in [0.25, 0.3) is 0 Å². The maximum Gasteiger partial charge on any atom is 0.499 e. The first kappa shape index (κ1) is 17.8. The zero-order chi connectivity index (χ0) is 14.2. The fraction of sp³-hybridized carbons (Fsp3) is 0.909. The van der Waals surface area contributed by atoms with E-state index in [9.17, 15) is 4.79 Å².